The fraction of sp³-hybridized carbons (Fsp3) is 0.333. The second kappa shape index (κ2) is 5.18. The van der Waals surface area contributed by atoms with Gasteiger partial charge in [-0.3, -0.25) is 4.98 Å². The number of carbonyl (C=O) groups is 1. The predicted molar refractivity (Wildman–Crippen MR) is 49.4 cm³/mol. The summed E-state index contributed by atoms with van der Waals surface area (Å²) in [4.78, 5) is 14.8. The van der Waals surface area contributed by atoms with Crippen LogP contribution in [0.25, 0.3) is 0 Å². The van der Waals surface area contributed by atoms with E-state index in [0.29, 0.717) is 17.9 Å². The summed E-state index contributed by atoms with van der Waals surface area (Å²) in [7, 11) is 1.30. The lowest BCUT2D eigenvalue weighted by Gasteiger charge is -2.03. The number of aliphatic hydroxyl groups is 1. The highest BCUT2D eigenvalue weighted by Gasteiger charge is 2.00. The van der Waals surface area contributed by atoms with E-state index in [4.69, 9.17) is 5.11 Å². The number of aliphatic hydroxyl groups excluding tert-OH is 1. The summed E-state index contributed by atoms with van der Waals surface area (Å²) in [6, 6.07) is 5.24. The maximum absolute atomic E-state index is 10.7. The molecular weight excluding hydrogens is 184 g/mol. The molecule has 0 radical (unpaired) electrons. The Morgan fingerprint density at radius 3 is 2.93 bits per heavy atom. The van der Waals surface area contributed by atoms with Gasteiger partial charge < -0.3 is 15.2 Å². The van der Waals surface area contributed by atoms with Crippen molar-refractivity contribution in [3.8, 4) is 0 Å². The van der Waals surface area contributed by atoms with Gasteiger partial charge in [-0.05, 0) is 12.1 Å². The summed E-state index contributed by atoms with van der Waals surface area (Å²) in [5, 5.41) is 11.3. The van der Waals surface area contributed by atoms with Crippen molar-refractivity contribution < 1.29 is 14.6 Å². The van der Waals surface area contributed by atoms with Crippen molar-refractivity contribution in [2.75, 3.05) is 7.11 Å². The van der Waals surface area contributed by atoms with Crippen molar-refractivity contribution in [3.05, 3.63) is 29.6 Å². The van der Waals surface area contributed by atoms with Crippen molar-refractivity contribution in [2.45, 2.75) is 13.2 Å². The number of methoxy groups -OCH3 is 1. The number of nitrogens with one attached hydrogen (secondary N) is 1. The standard InChI is InChI=1S/C9H12N2O3/c1-14-9(13)10-5-7-3-2-4-8(6-12)11-7/h2-4,12H,5-6H2,1H3,(H,10,13). The van der Waals surface area contributed by atoms with Crippen molar-refractivity contribution >= 4 is 6.09 Å². The number of ether oxygens (including phenoxy) is 1. The van der Waals surface area contributed by atoms with E-state index in [1.807, 2.05) is 0 Å². The van der Waals surface area contributed by atoms with E-state index in [2.05, 4.69) is 15.0 Å². The molecule has 0 aliphatic rings. The fourth-order valence-corrected chi connectivity index (χ4v) is 0.951. The number of aromatic nitrogens is 1. The van der Waals surface area contributed by atoms with Gasteiger partial charge in [0.1, 0.15) is 0 Å². The molecule has 0 unspecified atom stereocenters. The van der Waals surface area contributed by atoms with E-state index < -0.39 is 6.09 Å². The number of amides is 1. The highest BCUT2D eigenvalue weighted by molar-refractivity contribution is 5.66. The SMILES string of the molecule is COC(=O)NCc1cccc(CO)n1. The number of nitrogens with zero attached hydrogens (tertiary/aromatic N) is 1. The van der Waals surface area contributed by atoms with E-state index in [0.717, 1.165) is 0 Å². The molecule has 1 aromatic heterocycles. The molecule has 1 heterocycles. The van der Waals surface area contributed by atoms with Crippen LogP contribution in [-0.2, 0) is 17.9 Å². The van der Waals surface area contributed by atoms with Crippen molar-refractivity contribution in [1.82, 2.24) is 10.3 Å². The van der Waals surface area contributed by atoms with Crippen LogP contribution in [0, 0.1) is 0 Å². The molecule has 5 heteroatoms. The monoisotopic (exact) mass is 196 g/mol. The number of carbonyl (C=O) groups excluding carboxylic acids is 1. The molecule has 0 saturated carbocycles. The van der Waals surface area contributed by atoms with Gasteiger partial charge in [-0.15, -0.1) is 0 Å². The van der Waals surface area contributed by atoms with Gasteiger partial charge in [-0.2, -0.15) is 0 Å². The van der Waals surface area contributed by atoms with Crippen LogP contribution < -0.4 is 5.32 Å². The van der Waals surface area contributed by atoms with Gasteiger partial charge in [-0.1, -0.05) is 6.07 Å². The zero-order chi connectivity index (χ0) is 10.4. The Bertz CT molecular complexity index is 315. The van der Waals surface area contributed by atoms with Gasteiger partial charge in [-0.25, -0.2) is 4.79 Å². The number of pyridine rings is 1. The van der Waals surface area contributed by atoms with Crippen molar-refractivity contribution in [2.24, 2.45) is 0 Å². The molecule has 0 aliphatic heterocycles. The minimum atomic E-state index is -0.499. The first kappa shape index (κ1) is 10.5. The normalized spacial score (nSPS) is 9.57. The topological polar surface area (TPSA) is 71.5 Å². The third kappa shape index (κ3) is 3.02. The lowest BCUT2D eigenvalue weighted by Crippen LogP contribution is -2.22. The molecule has 0 aliphatic carbocycles. The maximum Gasteiger partial charge on any atom is 0.407 e. The molecule has 0 aromatic carbocycles. The third-order valence-electron chi connectivity index (χ3n) is 1.63. The predicted octanol–water partition coefficient (Wildman–Crippen LogP) is 0.430. The smallest absolute Gasteiger partial charge is 0.407 e. The summed E-state index contributed by atoms with van der Waals surface area (Å²) in [6.07, 6.45) is -0.499. The summed E-state index contributed by atoms with van der Waals surface area (Å²) >= 11 is 0. The molecule has 0 spiro atoms. The van der Waals surface area contributed by atoms with E-state index in [1.165, 1.54) is 7.11 Å². The molecule has 1 amide bonds. The van der Waals surface area contributed by atoms with E-state index >= 15 is 0 Å². The quantitative estimate of drug-likeness (QED) is 0.735. The van der Waals surface area contributed by atoms with Crippen LogP contribution in [-0.4, -0.2) is 23.3 Å². The van der Waals surface area contributed by atoms with Crippen LogP contribution in [0.3, 0.4) is 0 Å². The fourth-order valence-electron chi connectivity index (χ4n) is 0.951. The van der Waals surface area contributed by atoms with Crippen LogP contribution in [0.4, 0.5) is 4.79 Å². The van der Waals surface area contributed by atoms with Gasteiger partial charge >= 0.3 is 6.09 Å². The van der Waals surface area contributed by atoms with Gasteiger partial charge in [0.15, 0.2) is 0 Å². The summed E-state index contributed by atoms with van der Waals surface area (Å²) in [6.45, 7) is 0.187. The second-order valence-corrected chi connectivity index (χ2v) is 2.62. The Labute approximate surface area is 81.7 Å². The first-order valence-electron chi connectivity index (χ1n) is 4.13. The molecular formula is C9H12N2O3. The van der Waals surface area contributed by atoms with E-state index in [9.17, 15) is 4.79 Å². The number of alkyl carbamates (subject to hydrolysis) is 1. The average Bonchev–Trinajstić information content (AvgIpc) is 2.26. The molecule has 76 valence electrons. The minimum absolute atomic E-state index is 0.105. The van der Waals surface area contributed by atoms with Crippen LogP contribution in [0.15, 0.2) is 18.2 Å². The van der Waals surface area contributed by atoms with Crippen molar-refractivity contribution in [3.63, 3.8) is 0 Å². The molecule has 0 atom stereocenters. The third-order valence-corrected chi connectivity index (χ3v) is 1.63. The molecule has 0 saturated heterocycles. The van der Waals surface area contributed by atoms with E-state index in [-0.39, 0.29) is 6.61 Å². The highest BCUT2D eigenvalue weighted by atomic mass is 16.5. The Morgan fingerprint density at radius 2 is 2.29 bits per heavy atom. The number of rotatable bonds is 3. The largest absolute Gasteiger partial charge is 0.453 e. The Balaban J connectivity index is 2.54. The lowest BCUT2D eigenvalue weighted by molar-refractivity contribution is 0.170. The van der Waals surface area contributed by atoms with E-state index in [1.54, 1.807) is 18.2 Å². The molecule has 5 nitrogen and oxygen atoms in total. The Morgan fingerprint density at radius 1 is 1.57 bits per heavy atom. The second-order valence-electron chi connectivity index (χ2n) is 2.62. The number of hydrogen-bond acceptors (Lipinski definition) is 4. The van der Waals surface area contributed by atoms with Crippen LogP contribution in [0.1, 0.15) is 11.4 Å². The van der Waals surface area contributed by atoms with Crippen molar-refractivity contribution in [1.29, 1.82) is 0 Å². The van der Waals surface area contributed by atoms with Gasteiger partial charge in [0.25, 0.3) is 0 Å². The maximum atomic E-state index is 10.7. The van der Waals surface area contributed by atoms with Gasteiger partial charge in [0.2, 0.25) is 0 Å². The lowest BCUT2D eigenvalue weighted by atomic mass is 10.3. The number of hydrogen-bond donors (Lipinski definition) is 2. The zero-order valence-corrected chi connectivity index (χ0v) is 7.86. The van der Waals surface area contributed by atoms with Crippen LogP contribution in [0.2, 0.25) is 0 Å². The molecule has 0 bridgehead atoms. The molecule has 14 heavy (non-hydrogen) atoms. The van der Waals surface area contributed by atoms with Gasteiger partial charge in [0.05, 0.1) is 31.6 Å². The molecule has 0 fully saturated rings. The minimum Gasteiger partial charge on any atom is -0.453 e. The van der Waals surface area contributed by atoms with Crippen LogP contribution in [0.5, 0.6) is 0 Å². The van der Waals surface area contributed by atoms with Crippen LogP contribution >= 0.6 is 0 Å². The summed E-state index contributed by atoms with van der Waals surface area (Å²) in [5.74, 6) is 0. The molecule has 1 aromatic rings. The molecule has 1 rings (SSSR count). The highest BCUT2D eigenvalue weighted by Crippen LogP contribution is 1.98. The summed E-state index contributed by atoms with van der Waals surface area (Å²) in [5.41, 5.74) is 1.26. The first-order chi connectivity index (χ1) is 6.76. The summed E-state index contributed by atoms with van der Waals surface area (Å²) < 4.78 is 4.40. The Hall–Kier alpha value is -1.62. The zero-order valence-electron chi connectivity index (χ0n) is 7.86. The van der Waals surface area contributed by atoms with Gasteiger partial charge in [0, 0.05) is 0 Å². The average molecular weight is 196 g/mol. The first-order valence-corrected chi connectivity index (χ1v) is 4.13. The Kier molecular flexibility index (Phi) is 3.87. The molecule has 2 N–H and O–H groups in total.